The van der Waals surface area contributed by atoms with Crippen LogP contribution in [0.1, 0.15) is 0 Å². The van der Waals surface area contributed by atoms with Gasteiger partial charge in [0.2, 0.25) is 15.2 Å². The number of carbonyl (C=O) groups excluding carboxylic acids is 1. The molecule has 9 nitrogen and oxygen atoms in total. The van der Waals surface area contributed by atoms with E-state index in [9.17, 15) is 13.2 Å². The molecule has 0 unspecified atom stereocenters. The molecule has 158 valence electrons. The summed E-state index contributed by atoms with van der Waals surface area (Å²) >= 11 is 1.24. The van der Waals surface area contributed by atoms with Gasteiger partial charge in [0, 0.05) is 12.6 Å². The maximum Gasteiger partial charge on any atom is 0.264 e. The minimum atomic E-state index is -3.34. The number of ether oxygens (including phenoxy) is 2. The fraction of sp³-hybridized carbons (Fsp3) is 0.211. The highest BCUT2D eigenvalue weighted by Crippen LogP contribution is 2.27. The average molecular weight is 449 g/mol. The molecule has 0 aliphatic heterocycles. The van der Waals surface area contributed by atoms with Gasteiger partial charge >= 0.3 is 0 Å². The van der Waals surface area contributed by atoms with Crippen LogP contribution >= 0.6 is 11.3 Å². The third kappa shape index (κ3) is 5.45. The maximum atomic E-state index is 12.1. The molecule has 3 rings (SSSR count). The number of anilines is 2. The van der Waals surface area contributed by atoms with Crippen LogP contribution in [0.25, 0.3) is 10.6 Å². The normalized spacial score (nSPS) is 11.0. The predicted octanol–water partition coefficient (Wildman–Crippen LogP) is 2.63. The van der Waals surface area contributed by atoms with E-state index in [4.69, 9.17) is 9.47 Å². The van der Waals surface area contributed by atoms with E-state index in [1.165, 1.54) is 18.4 Å². The van der Waals surface area contributed by atoms with Crippen LogP contribution in [-0.2, 0) is 14.8 Å². The first-order chi connectivity index (χ1) is 14.3. The van der Waals surface area contributed by atoms with Gasteiger partial charge < -0.3 is 9.47 Å². The lowest BCUT2D eigenvalue weighted by atomic mass is 10.2. The highest BCUT2D eigenvalue weighted by Gasteiger charge is 2.13. The van der Waals surface area contributed by atoms with E-state index in [1.807, 2.05) is 24.3 Å². The molecule has 0 atom stereocenters. The van der Waals surface area contributed by atoms with Crippen molar-refractivity contribution in [1.82, 2.24) is 10.2 Å². The number of rotatable bonds is 8. The van der Waals surface area contributed by atoms with Crippen molar-refractivity contribution >= 4 is 38.1 Å². The Bertz CT molecular complexity index is 1110. The summed E-state index contributed by atoms with van der Waals surface area (Å²) in [5.41, 5.74) is 1.36. The summed E-state index contributed by atoms with van der Waals surface area (Å²) in [5.74, 6) is 0.793. The summed E-state index contributed by atoms with van der Waals surface area (Å²) in [6, 6.07) is 13.7. The van der Waals surface area contributed by atoms with E-state index in [0.29, 0.717) is 21.6 Å². The highest BCUT2D eigenvalue weighted by molar-refractivity contribution is 7.92. The Hall–Kier alpha value is -3.18. The van der Waals surface area contributed by atoms with Crippen molar-refractivity contribution in [1.29, 1.82) is 0 Å². The molecule has 0 aliphatic rings. The largest absolute Gasteiger partial charge is 0.497 e. The molecule has 1 aromatic heterocycles. The summed E-state index contributed by atoms with van der Waals surface area (Å²) in [7, 11) is -0.286. The number of aromatic nitrogens is 2. The maximum absolute atomic E-state index is 12.1. The minimum Gasteiger partial charge on any atom is -0.497 e. The molecule has 3 aromatic rings. The molecule has 30 heavy (non-hydrogen) atoms. The second-order valence-electron chi connectivity index (χ2n) is 6.20. The summed E-state index contributed by atoms with van der Waals surface area (Å²) < 4.78 is 34.8. The first-order valence-electron chi connectivity index (χ1n) is 8.71. The fourth-order valence-corrected chi connectivity index (χ4v) is 3.64. The van der Waals surface area contributed by atoms with Crippen LogP contribution in [0.5, 0.6) is 11.5 Å². The van der Waals surface area contributed by atoms with E-state index in [0.717, 1.165) is 21.9 Å². The van der Waals surface area contributed by atoms with Gasteiger partial charge in [0.1, 0.15) is 16.5 Å². The zero-order chi connectivity index (χ0) is 21.7. The van der Waals surface area contributed by atoms with Gasteiger partial charge in [-0.2, -0.15) is 0 Å². The van der Waals surface area contributed by atoms with Gasteiger partial charge in [0.25, 0.3) is 5.91 Å². The van der Waals surface area contributed by atoms with E-state index < -0.39 is 10.0 Å². The Labute approximate surface area is 178 Å². The minimum absolute atomic E-state index is 0.224. The molecule has 0 radical (unpaired) electrons. The summed E-state index contributed by atoms with van der Waals surface area (Å²) in [4.78, 5) is 12.1. The van der Waals surface area contributed by atoms with Crippen molar-refractivity contribution < 1.29 is 22.7 Å². The molecule has 0 saturated carbocycles. The molecule has 0 bridgehead atoms. The Balaban J connectivity index is 1.54. The quantitative estimate of drug-likeness (QED) is 0.564. The van der Waals surface area contributed by atoms with Crippen LogP contribution < -0.4 is 19.1 Å². The average Bonchev–Trinajstić information content (AvgIpc) is 3.20. The second kappa shape index (κ2) is 9.09. The molecule has 1 amide bonds. The lowest BCUT2D eigenvalue weighted by molar-refractivity contribution is -0.118. The van der Waals surface area contributed by atoms with Crippen LogP contribution in [0, 0.1) is 0 Å². The van der Waals surface area contributed by atoms with E-state index in [-0.39, 0.29) is 12.5 Å². The number of methoxy groups -OCH3 is 1. The van der Waals surface area contributed by atoms with E-state index in [2.05, 4.69) is 15.5 Å². The SMILES string of the molecule is COc1ccc(-c2nnc(NC(=O)COc3ccc(N(C)S(C)(=O)=O)cc3)s2)cc1. The Morgan fingerprint density at radius 3 is 2.30 bits per heavy atom. The number of sulfonamides is 1. The smallest absolute Gasteiger partial charge is 0.264 e. The summed E-state index contributed by atoms with van der Waals surface area (Å²) in [5, 5.41) is 11.7. The second-order valence-corrected chi connectivity index (χ2v) is 9.19. The standard InChI is InChI=1S/C19H20N4O5S2/c1-23(30(3,25)26)14-6-10-16(11-7-14)28-12-17(24)20-19-22-21-18(29-19)13-4-8-15(27-2)9-5-13/h4-11H,12H2,1-3H3,(H,20,22,24). The van der Waals surface area contributed by atoms with Gasteiger partial charge in [-0.05, 0) is 48.5 Å². The molecule has 0 saturated heterocycles. The zero-order valence-electron chi connectivity index (χ0n) is 16.5. The molecule has 0 spiro atoms. The van der Waals surface area contributed by atoms with Gasteiger partial charge in [0.05, 0.1) is 19.1 Å². The van der Waals surface area contributed by atoms with Crippen molar-refractivity contribution in [2.45, 2.75) is 0 Å². The van der Waals surface area contributed by atoms with E-state index >= 15 is 0 Å². The van der Waals surface area contributed by atoms with Crippen molar-refractivity contribution in [2.24, 2.45) is 0 Å². The topological polar surface area (TPSA) is 111 Å². The molecular weight excluding hydrogens is 428 g/mol. The molecule has 1 N–H and O–H groups in total. The van der Waals surface area contributed by atoms with Gasteiger partial charge in [0.15, 0.2) is 6.61 Å². The van der Waals surface area contributed by atoms with Gasteiger partial charge in [-0.25, -0.2) is 8.42 Å². The third-order valence-electron chi connectivity index (χ3n) is 4.08. The van der Waals surface area contributed by atoms with Crippen LogP contribution in [0.3, 0.4) is 0 Å². The van der Waals surface area contributed by atoms with Gasteiger partial charge in [-0.3, -0.25) is 14.4 Å². The number of amides is 1. The highest BCUT2D eigenvalue weighted by atomic mass is 32.2. The Morgan fingerprint density at radius 2 is 1.70 bits per heavy atom. The Kier molecular flexibility index (Phi) is 6.53. The molecule has 2 aromatic carbocycles. The van der Waals surface area contributed by atoms with Crippen molar-refractivity contribution in [3.05, 3.63) is 48.5 Å². The van der Waals surface area contributed by atoms with Crippen LogP contribution in [0.15, 0.2) is 48.5 Å². The van der Waals surface area contributed by atoms with Gasteiger partial charge in [-0.1, -0.05) is 11.3 Å². The summed E-state index contributed by atoms with van der Waals surface area (Å²) in [6.07, 6.45) is 1.12. The van der Waals surface area contributed by atoms with Crippen molar-refractivity contribution in [2.75, 3.05) is 36.6 Å². The van der Waals surface area contributed by atoms with Crippen molar-refractivity contribution in [3.63, 3.8) is 0 Å². The molecule has 1 heterocycles. The van der Waals surface area contributed by atoms with Crippen LogP contribution in [0.2, 0.25) is 0 Å². The number of hydrogen-bond donors (Lipinski definition) is 1. The molecule has 11 heteroatoms. The zero-order valence-corrected chi connectivity index (χ0v) is 18.2. The summed E-state index contributed by atoms with van der Waals surface area (Å²) in [6.45, 7) is -0.224. The lowest BCUT2D eigenvalue weighted by Crippen LogP contribution is -2.24. The Morgan fingerprint density at radius 1 is 1.07 bits per heavy atom. The number of hydrogen-bond acceptors (Lipinski definition) is 8. The first kappa shape index (κ1) is 21.5. The third-order valence-corrected chi connectivity index (χ3v) is 6.17. The molecule has 0 aliphatic carbocycles. The number of carbonyl (C=O) groups is 1. The number of nitrogens with one attached hydrogen (secondary N) is 1. The fourth-order valence-electron chi connectivity index (χ4n) is 2.37. The monoisotopic (exact) mass is 448 g/mol. The molecular formula is C19H20N4O5S2. The van der Waals surface area contributed by atoms with Crippen LogP contribution in [-0.4, -0.2) is 51.5 Å². The number of nitrogens with zero attached hydrogens (tertiary/aromatic N) is 3. The predicted molar refractivity (Wildman–Crippen MR) is 116 cm³/mol. The number of benzene rings is 2. The van der Waals surface area contributed by atoms with Crippen LogP contribution in [0.4, 0.5) is 10.8 Å². The van der Waals surface area contributed by atoms with E-state index in [1.54, 1.807) is 31.4 Å². The van der Waals surface area contributed by atoms with Gasteiger partial charge in [-0.15, -0.1) is 10.2 Å². The molecule has 0 fully saturated rings. The van der Waals surface area contributed by atoms with Crippen molar-refractivity contribution in [3.8, 4) is 22.1 Å². The first-order valence-corrected chi connectivity index (χ1v) is 11.4. The lowest BCUT2D eigenvalue weighted by Gasteiger charge is -2.16.